The average molecular weight is 280 g/mol. The van der Waals surface area contributed by atoms with Gasteiger partial charge in [0.2, 0.25) is 0 Å². The van der Waals surface area contributed by atoms with Gasteiger partial charge < -0.3 is 14.2 Å². The first-order valence-electron chi connectivity index (χ1n) is 8.05. The van der Waals surface area contributed by atoms with Crippen molar-refractivity contribution in [3.63, 3.8) is 0 Å². The molecule has 6 rings (SSSR count). The van der Waals surface area contributed by atoms with Crippen LogP contribution in [-0.4, -0.2) is 35.5 Å². The molecule has 0 unspecified atom stereocenters. The topological polar surface area (TPSA) is 19.6 Å². The summed E-state index contributed by atoms with van der Waals surface area (Å²) in [6.45, 7) is 4.75. The predicted octanol–water partition coefficient (Wildman–Crippen LogP) is 3.31. The van der Waals surface area contributed by atoms with Gasteiger partial charge in [-0.25, -0.2) is 0 Å². The van der Waals surface area contributed by atoms with Gasteiger partial charge >= 0.3 is 0 Å². The van der Waals surface area contributed by atoms with Crippen LogP contribution in [0.15, 0.2) is 34.9 Å². The summed E-state index contributed by atoms with van der Waals surface area (Å²) in [6.07, 6.45) is 7.28. The lowest BCUT2D eigenvalue weighted by Gasteiger charge is -2.49. The Labute approximate surface area is 124 Å². The Hall–Kier alpha value is -1.74. The molecule has 1 aromatic heterocycles. The number of para-hydroxylation sites is 1. The van der Waals surface area contributed by atoms with E-state index in [0.717, 1.165) is 23.8 Å². The summed E-state index contributed by atoms with van der Waals surface area (Å²) in [5.74, 6) is 2.00. The van der Waals surface area contributed by atoms with Crippen molar-refractivity contribution >= 4 is 17.0 Å². The Morgan fingerprint density at radius 2 is 1.95 bits per heavy atom. The second kappa shape index (κ2) is 4.38. The zero-order valence-corrected chi connectivity index (χ0v) is 12.2. The van der Waals surface area contributed by atoms with Crippen molar-refractivity contribution in [2.75, 3.05) is 19.6 Å². The van der Waals surface area contributed by atoms with Crippen molar-refractivity contribution in [1.29, 1.82) is 0 Å². The van der Waals surface area contributed by atoms with E-state index < -0.39 is 0 Å². The van der Waals surface area contributed by atoms with Crippen LogP contribution in [0.25, 0.3) is 17.0 Å². The van der Waals surface area contributed by atoms with Crippen molar-refractivity contribution < 1.29 is 4.42 Å². The maximum Gasteiger partial charge on any atom is 0.135 e. The molecule has 108 valence electrons. The highest BCUT2D eigenvalue weighted by Crippen LogP contribution is 2.36. The van der Waals surface area contributed by atoms with Crippen LogP contribution >= 0.6 is 0 Å². The molecule has 2 bridgehead atoms. The Balaban J connectivity index is 1.48. The van der Waals surface area contributed by atoms with Crippen LogP contribution in [0, 0.1) is 5.92 Å². The van der Waals surface area contributed by atoms with Gasteiger partial charge in [-0.15, -0.1) is 0 Å². The molecule has 4 aliphatic heterocycles. The van der Waals surface area contributed by atoms with Gasteiger partial charge in [-0.2, -0.15) is 0 Å². The summed E-state index contributed by atoms with van der Waals surface area (Å²) in [7, 11) is 0. The number of benzene rings is 1. The Bertz CT molecular complexity index is 709. The first kappa shape index (κ1) is 11.9. The highest BCUT2D eigenvalue weighted by molar-refractivity contribution is 5.88. The first-order valence-corrected chi connectivity index (χ1v) is 8.05. The zero-order chi connectivity index (χ0) is 13.8. The van der Waals surface area contributed by atoms with Crippen LogP contribution in [0.4, 0.5) is 0 Å². The largest absolute Gasteiger partial charge is 0.459 e. The van der Waals surface area contributed by atoms with Crippen molar-refractivity contribution in [2.45, 2.75) is 25.4 Å². The monoisotopic (exact) mass is 280 g/mol. The Morgan fingerprint density at radius 3 is 2.76 bits per heavy atom. The van der Waals surface area contributed by atoms with Crippen LogP contribution in [-0.2, 0) is 6.54 Å². The molecule has 0 spiro atoms. The maximum atomic E-state index is 6.09. The number of furan rings is 1. The third-order valence-corrected chi connectivity index (χ3v) is 5.52. The first-order chi connectivity index (χ1) is 10.4. The minimum absolute atomic E-state index is 0.671. The molecule has 5 heterocycles. The molecule has 1 aromatic carbocycles. The van der Waals surface area contributed by atoms with Crippen molar-refractivity contribution in [1.82, 2.24) is 9.80 Å². The van der Waals surface area contributed by atoms with Gasteiger partial charge in [0.05, 0.1) is 6.54 Å². The van der Waals surface area contributed by atoms with Crippen LogP contribution in [0.2, 0.25) is 0 Å². The normalized spacial score (nSPS) is 30.9. The number of nitrogens with zero attached hydrogens (tertiary/aromatic N) is 2. The van der Waals surface area contributed by atoms with E-state index in [2.05, 4.69) is 40.3 Å². The molecule has 0 saturated carbocycles. The van der Waals surface area contributed by atoms with E-state index in [-0.39, 0.29) is 0 Å². The predicted molar refractivity (Wildman–Crippen MR) is 83.7 cm³/mol. The zero-order valence-electron chi connectivity index (χ0n) is 12.2. The molecule has 0 aliphatic carbocycles. The lowest BCUT2D eigenvalue weighted by atomic mass is 9.83. The molecule has 3 fully saturated rings. The van der Waals surface area contributed by atoms with E-state index in [1.807, 2.05) is 6.07 Å². The molecule has 4 aliphatic rings. The number of hydrogen-bond donors (Lipinski definition) is 0. The highest BCUT2D eigenvalue weighted by atomic mass is 16.3. The molecule has 3 saturated heterocycles. The lowest BCUT2D eigenvalue weighted by Crippen LogP contribution is -2.56. The number of rotatable bonds is 1. The lowest BCUT2D eigenvalue weighted by molar-refractivity contribution is 0.0205. The second-order valence-corrected chi connectivity index (χ2v) is 6.63. The van der Waals surface area contributed by atoms with Crippen LogP contribution in [0.5, 0.6) is 0 Å². The fourth-order valence-electron chi connectivity index (χ4n) is 4.34. The van der Waals surface area contributed by atoms with Crippen LogP contribution in [0.3, 0.4) is 0 Å². The van der Waals surface area contributed by atoms with Crippen molar-refractivity contribution in [3.05, 3.63) is 41.8 Å². The van der Waals surface area contributed by atoms with E-state index in [1.54, 1.807) is 0 Å². The van der Waals surface area contributed by atoms with Gasteiger partial charge in [0.1, 0.15) is 11.3 Å². The molecule has 2 aromatic rings. The minimum atomic E-state index is 0.671. The summed E-state index contributed by atoms with van der Waals surface area (Å²) < 4.78 is 6.09. The van der Waals surface area contributed by atoms with Crippen LogP contribution in [0.1, 0.15) is 24.2 Å². The molecular weight excluding hydrogens is 260 g/mol. The molecule has 3 nitrogen and oxygen atoms in total. The van der Waals surface area contributed by atoms with Gasteiger partial charge in [0, 0.05) is 29.7 Å². The molecule has 0 amide bonds. The summed E-state index contributed by atoms with van der Waals surface area (Å²) in [5.41, 5.74) is 2.30. The number of fused-ring (bicyclic) bond motifs is 6. The van der Waals surface area contributed by atoms with Gasteiger partial charge in [0.15, 0.2) is 0 Å². The van der Waals surface area contributed by atoms with E-state index in [9.17, 15) is 0 Å². The summed E-state index contributed by atoms with van der Waals surface area (Å²) in [6, 6.07) is 9.04. The highest BCUT2D eigenvalue weighted by Gasteiger charge is 2.37. The van der Waals surface area contributed by atoms with E-state index in [0.29, 0.717) is 6.04 Å². The standard InChI is InChI=1S/C18H20N2O/c1-2-4-17-14(3-1)15-7-10-20(12-18(15)21-17)16-11-19-8-5-13(16)6-9-19/h1-4,7,10,13,16H,5-6,8-9,11-12H2/t16-/m0/s1. The summed E-state index contributed by atoms with van der Waals surface area (Å²) in [5, 5.41) is 1.25. The SMILES string of the molecule is C1=CN([C@H]2CN3CCC2CC3)Cc2oc3ccccc3c21. The fourth-order valence-corrected chi connectivity index (χ4v) is 4.34. The Morgan fingerprint density at radius 1 is 1.10 bits per heavy atom. The van der Waals surface area contributed by atoms with Gasteiger partial charge in [0.25, 0.3) is 0 Å². The van der Waals surface area contributed by atoms with Crippen molar-refractivity contribution in [3.8, 4) is 0 Å². The third-order valence-electron chi connectivity index (χ3n) is 5.52. The summed E-state index contributed by atoms with van der Waals surface area (Å²) in [4.78, 5) is 5.13. The number of piperidine rings is 3. The average Bonchev–Trinajstić information content (AvgIpc) is 2.93. The molecule has 1 atom stereocenters. The third kappa shape index (κ3) is 1.77. The smallest absolute Gasteiger partial charge is 0.135 e. The van der Waals surface area contributed by atoms with Gasteiger partial charge in [-0.3, -0.25) is 0 Å². The molecule has 21 heavy (non-hydrogen) atoms. The van der Waals surface area contributed by atoms with Crippen molar-refractivity contribution in [2.24, 2.45) is 5.92 Å². The van der Waals surface area contributed by atoms with Gasteiger partial charge in [-0.1, -0.05) is 18.2 Å². The van der Waals surface area contributed by atoms with Crippen LogP contribution < -0.4 is 0 Å². The molecule has 3 heteroatoms. The molecular formula is C18H20N2O. The summed E-state index contributed by atoms with van der Waals surface area (Å²) >= 11 is 0. The van der Waals surface area contributed by atoms with E-state index in [1.165, 1.54) is 43.4 Å². The maximum absolute atomic E-state index is 6.09. The minimum Gasteiger partial charge on any atom is -0.459 e. The Kier molecular flexibility index (Phi) is 2.47. The fraction of sp³-hybridized carbons (Fsp3) is 0.444. The molecule has 0 N–H and O–H groups in total. The van der Waals surface area contributed by atoms with E-state index >= 15 is 0 Å². The quantitative estimate of drug-likeness (QED) is 0.799. The van der Waals surface area contributed by atoms with Gasteiger partial charge in [-0.05, 0) is 44.0 Å². The second-order valence-electron chi connectivity index (χ2n) is 6.63. The number of hydrogen-bond acceptors (Lipinski definition) is 3. The molecule has 0 radical (unpaired) electrons. The van der Waals surface area contributed by atoms with E-state index in [4.69, 9.17) is 4.42 Å².